The van der Waals surface area contributed by atoms with E-state index in [1.54, 1.807) is 0 Å². The Morgan fingerprint density at radius 2 is 1.88 bits per heavy atom. The highest BCUT2D eigenvalue weighted by Crippen LogP contribution is 2.29. The normalized spacial score (nSPS) is 14.1. The molecule has 0 N–H and O–H groups in total. The van der Waals surface area contributed by atoms with E-state index in [4.69, 9.17) is 4.98 Å². The van der Waals surface area contributed by atoms with Crippen LogP contribution >= 0.6 is 0 Å². The highest BCUT2D eigenvalue weighted by atomic mass is 16.2. The van der Waals surface area contributed by atoms with Gasteiger partial charge in [-0.1, -0.05) is 39.0 Å². The van der Waals surface area contributed by atoms with Gasteiger partial charge in [0.15, 0.2) is 0 Å². The highest BCUT2D eigenvalue weighted by Gasteiger charge is 2.30. The first-order valence-corrected chi connectivity index (χ1v) is 8.96. The Labute approximate surface area is 153 Å². The Kier molecular flexibility index (Phi) is 3.65. The number of nitrogens with zero attached hydrogens (tertiary/aromatic N) is 4. The largest absolute Gasteiger partial charge is 0.339 e. The van der Waals surface area contributed by atoms with Crippen molar-refractivity contribution in [3.8, 4) is 0 Å². The fourth-order valence-electron chi connectivity index (χ4n) is 3.69. The number of carbonyl (C=O) groups excluding carboxylic acids is 1. The van der Waals surface area contributed by atoms with Crippen molar-refractivity contribution in [1.29, 1.82) is 0 Å². The van der Waals surface area contributed by atoms with Gasteiger partial charge in [-0.15, -0.1) is 0 Å². The van der Waals surface area contributed by atoms with Crippen LogP contribution in [0.15, 0.2) is 30.5 Å². The van der Waals surface area contributed by atoms with Gasteiger partial charge in [-0.2, -0.15) is 0 Å². The van der Waals surface area contributed by atoms with E-state index in [0.29, 0.717) is 13.1 Å². The van der Waals surface area contributed by atoms with Crippen molar-refractivity contribution in [1.82, 2.24) is 19.4 Å². The van der Waals surface area contributed by atoms with Crippen LogP contribution in [0.4, 0.5) is 0 Å². The molecule has 26 heavy (non-hydrogen) atoms. The minimum Gasteiger partial charge on any atom is -0.339 e. The number of fused-ring (bicyclic) bond motifs is 2. The lowest BCUT2D eigenvalue weighted by Gasteiger charge is -2.17. The number of hydrogen-bond acceptors (Lipinski definition) is 3. The minimum atomic E-state index is -0.0983. The molecule has 0 spiro atoms. The van der Waals surface area contributed by atoms with Crippen LogP contribution in [0.5, 0.6) is 0 Å². The quantitative estimate of drug-likeness (QED) is 0.673. The molecule has 5 heteroatoms. The van der Waals surface area contributed by atoms with Gasteiger partial charge in [-0.3, -0.25) is 4.79 Å². The predicted molar refractivity (Wildman–Crippen MR) is 102 cm³/mol. The van der Waals surface area contributed by atoms with E-state index in [1.165, 1.54) is 0 Å². The second-order valence-electron chi connectivity index (χ2n) is 8.13. The van der Waals surface area contributed by atoms with E-state index in [9.17, 15) is 4.79 Å². The second-order valence-corrected chi connectivity index (χ2v) is 8.13. The van der Waals surface area contributed by atoms with E-state index < -0.39 is 0 Å². The summed E-state index contributed by atoms with van der Waals surface area (Å²) in [5, 5.41) is 1.13. The molecule has 3 heterocycles. The average molecular weight is 348 g/mol. The van der Waals surface area contributed by atoms with E-state index >= 15 is 0 Å². The first-order chi connectivity index (χ1) is 12.3. The molecule has 0 saturated carbocycles. The standard InChI is InChI=1S/C21H24N4O/c1-13-15-8-6-7-9-17(15)24(5)18(13)19(26)25-11-14-10-22-20(21(2,3)4)23-16(14)12-25/h6-10H,11-12H2,1-5H3. The van der Waals surface area contributed by atoms with E-state index in [-0.39, 0.29) is 11.3 Å². The number of aromatic nitrogens is 3. The fourth-order valence-corrected chi connectivity index (χ4v) is 3.69. The highest BCUT2D eigenvalue weighted by molar-refractivity contribution is 6.01. The van der Waals surface area contributed by atoms with Crippen molar-refractivity contribution in [3.05, 3.63) is 58.8 Å². The Morgan fingerprint density at radius 1 is 1.15 bits per heavy atom. The lowest BCUT2D eigenvalue weighted by Crippen LogP contribution is -2.27. The molecule has 0 fully saturated rings. The van der Waals surface area contributed by atoms with Gasteiger partial charge >= 0.3 is 0 Å². The fraction of sp³-hybridized carbons (Fsp3) is 0.381. The monoisotopic (exact) mass is 348 g/mol. The second kappa shape index (κ2) is 5.66. The molecule has 134 valence electrons. The van der Waals surface area contributed by atoms with Gasteiger partial charge in [0.05, 0.1) is 12.2 Å². The molecule has 0 atom stereocenters. The third-order valence-electron chi connectivity index (χ3n) is 5.18. The Hall–Kier alpha value is -2.69. The first-order valence-electron chi connectivity index (χ1n) is 8.96. The molecule has 3 aromatic rings. The number of para-hydroxylation sites is 1. The number of hydrogen-bond donors (Lipinski definition) is 0. The minimum absolute atomic E-state index is 0.0523. The van der Waals surface area contributed by atoms with Gasteiger partial charge in [0, 0.05) is 41.7 Å². The maximum atomic E-state index is 13.3. The van der Waals surface area contributed by atoms with Gasteiger partial charge in [0.1, 0.15) is 11.5 Å². The van der Waals surface area contributed by atoms with Crippen molar-refractivity contribution in [2.45, 2.75) is 46.2 Å². The number of aryl methyl sites for hydroxylation is 2. The molecule has 1 aliphatic rings. The van der Waals surface area contributed by atoms with Gasteiger partial charge in [-0.25, -0.2) is 9.97 Å². The van der Waals surface area contributed by atoms with Crippen LogP contribution in [0, 0.1) is 6.92 Å². The number of amides is 1. The van der Waals surface area contributed by atoms with Crippen molar-refractivity contribution in [2.75, 3.05) is 0 Å². The van der Waals surface area contributed by atoms with Gasteiger partial charge in [0.25, 0.3) is 5.91 Å². The molecule has 0 saturated heterocycles. The number of rotatable bonds is 1. The zero-order valence-corrected chi connectivity index (χ0v) is 16.0. The van der Waals surface area contributed by atoms with Crippen LogP contribution in [-0.4, -0.2) is 25.3 Å². The molecular formula is C21H24N4O. The summed E-state index contributed by atoms with van der Waals surface area (Å²) in [5.41, 5.74) is 4.78. The molecule has 4 rings (SSSR count). The molecule has 2 aromatic heterocycles. The summed E-state index contributed by atoms with van der Waals surface area (Å²) in [7, 11) is 1.96. The Balaban J connectivity index is 1.69. The molecular weight excluding hydrogens is 324 g/mol. The van der Waals surface area contributed by atoms with Gasteiger partial charge in [0.2, 0.25) is 0 Å². The third-order valence-corrected chi connectivity index (χ3v) is 5.18. The lowest BCUT2D eigenvalue weighted by atomic mass is 9.95. The van der Waals surface area contributed by atoms with Crippen LogP contribution in [0.2, 0.25) is 0 Å². The molecule has 1 amide bonds. The van der Waals surface area contributed by atoms with Gasteiger partial charge in [-0.05, 0) is 18.6 Å². The topological polar surface area (TPSA) is 51.0 Å². The van der Waals surface area contributed by atoms with E-state index in [1.807, 2.05) is 41.8 Å². The van der Waals surface area contributed by atoms with Gasteiger partial charge < -0.3 is 9.47 Å². The molecule has 0 radical (unpaired) electrons. The smallest absolute Gasteiger partial charge is 0.271 e. The summed E-state index contributed by atoms with van der Waals surface area (Å²) >= 11 is 0. The maximum absolute atomic E-state index is 13.3. The Morgan fingerprint density at radius 3 is 2.58 bits per heavy atom. The number of carbonyl (C=O) groups is 1. The number of benzene rings is 1. The SMILES string of the molecule is Cc1c(C(=O)N2Cc3cnc(C(C)(C)C)nc3C2)n(C)c2ccccc12. The van der Waals surface area contributed by atoms with Crippen molar-refractivity contribution < 1.29 is 4.79 Å². The summed E-state index contributed by atoms with van der Waals surface area (Å²) in [5.74, 6) is 0.878. The van der Waals surface area contributed by atoms with Crippen LogP contribution < -0.4 is 0 Å². The zero-order valence-electron chi connectivity index (χ0n) is 16.0. The van der Waals surface area contributed by atoms with Crippen molar-refractivity contribution in [2.24, 2.45) is 7.05 Å². The summed E-state index contributed by atoms with van der Waals surface area (Å²) in [6.45, 7) is 9.44. The molecule has 5 nitrogen and oxygen atoms in total. The summed E-state index contributed by atoms with van der Waals surface area (Å²) in [6, 6.07) is 8.14. The lowest BCUT2D eigenvalue weighted by molar-refractivity contribution is 0.0740. The average Bonchev–Trinajstić information content (AvgIpc) is 3.13. The van der Waals surface area contributed by atoms with Crippen LogP contribution in [0.3, 0.4) is 0 Å². The molecule has 0 bridgehead atoms. The zero-order chi connectivity index (χ0) is 18.6. The first kappa shape index (κ1) is 16.8. The van der Waals surface area contributed by atoms with Crippen molar-refractivity contribution >= 4 is 16.8 Å². The molecule has 0 aliphatic carbocycles. The maximum Gasteiger partial charge on any atom is 0.271 e. The van der Waals surface area contributed by atoms with Crippen LogP contribution in [-0.2, 0) is 25.6 Å². The van der Waals surface area contributed by atoms with Crippen LogP contribution in [0.25, 0.3) is 10.9 Å². The molecule has 0 unspecified atom stereocenters. The van der Waals surface area contributed by atoms with Crippen molar-refractivity contribution in [3.63, 3.8) is 0 Å². The summed E-state index contributed by atoms with van der Waals surface area (Å²) in [6.07, 6.45) is 1.88. The Bertz CT molecular complexity index is 987. The van der Waals surface area contributed by atoms with Crippen LogP contribution in [0.1, 0.15) is 53.9 Å². The van der Waals surface area contributed by atoms with E-state index in [2.05, 4.69) is 37.9 Å². The third kappa shape index (κ3) is 2.50. The van der Waals surface area contributed by atoms with E-state index in [0.717, 1.165) is 39.2 Å². The summed E-state index contributed by atoms with van der Waals surface area (Å²) in [4.78, 5) is 24.4. The predicted octanol–water partition coefficient (Wildman–Crippen LogP) is 3.73. The molecule has 1 aromatic carbocycles. The molecule has 1 aliphatic heterocycles. The summed E-state index contributed by atoms with van der Waals surface area (Å²) < 4.78 is 2.00.